The number of allylic oxidation sites excluding steroid dienone is 2. The molecule has 4 aliphatic rings. The van der Waals surface area contributed by atoms with Gasteiger partial charge in [0.1, 0.15) is 0 Å². The SMILES string of the molecule is C(=C1CC1)C12CC1(CN1CCOCC1)C2. The lowest BCUT2D eigenvalue weighted by molar-refractivity contribution is 0.0324. The summed E-state index contributed by atoms with van der Waals surface area (Å²) < 4.78 is 5.39. The largest absolute Gasteiger partial charge is 0.379 e. The summed E-state index contributed by atoms with van der Waals surface area (Å²) in [6, 6.07) is 0. The van der Waals surface area contributed by atoms with Crippen LogP contribution in [-0.4, -0.2) is 37.7 Å². The second kappa shape index (κ2) is 2.67. The molecule has 0 aromatic rings. The summed E-state index contributed by atoms with van der Waals surface area (Å²) in [5, 5.41) is 0. The maximum absolute atomic E-state index is 5.39. The van der Waals surface area contributed by atoms with Gasteiger partial charge in [0, 0.05) is 19.6 Å². The standard InChI is InChI=1S/C13H19NO/c1-2-11(1)7-12-8-13(12,9-12)10-14-3-5-15-6-4-14/h7H,1-6,8-10H2. The van der Waals surface area contributed by atoms with Gasteiger partial charge in [0.15, 0.2) is 0 Å². The molecule has 0 atom stereocenters. The third-order valence-corrected chi connectivity index (χ3v) is 4.76. The minimum absolute atomic E-state index is 0.705. The van der Waals surface area contributed by atoms with E-state index in [1.54, 1.807) is 5.57 Å². The quantitative estimate of drug-likeness (QED) is 0.652. The number of hydrogen-bond donors (Lipinski definition) is 0. The minimum Gasteiger partial charge on any atom is -0.379 e. The van der Waals surface area contributed by atoms with Crippen LogP contribution in [-0.2, 0) is 4.74 Å². The molecule has 1 heterocycles. The lowest BCUT2D eigenvalue weighted by Gasteiger charge is -2.27. The van der Waals surface area contributed by atoms with E-state index in [0.29, 0.717) is 5.41 Å². The van der Waals surface area contributed by atoms with Crippen molar-refractivity contribution in [1.29, 1.82) is 0 Å². The molecule has 82 valence electrons. The molecule has 0 aromatic carbocycles. The van der Waals surface area contributed by atoms with E-state index in [1.807, 2.05) is 0 Å². The molecular weight excluding hydrogens is 186 g/mol. The van der Waals surface area contributed by atoms with Crippen LogP contribution in [0.25, 0.3) is 0 Å². The Kier molecular flexibility index (Phi) is 1.56. The topological polar surface area (TPSA) is 12.5 Å². The Balaban J connectivity index is 1.39. The van der Waals surface area contributed by atoms with E-state index in [2.05, 4.69) is 11.0 Å². The zero-order chi connectivity index (χ0) is 9.93. The Labute approximate surface area is 91.3 Å². The number of morpholine rings is 1. The fourth-order valence-electron chi connectivity index (χ4n) is 3.39. The molecule has 4 fully saturated rings. The van der Waals surface area contributed by atoms with Crippen molar-refractivity contribution in [2.45, 2.75) is 25.7 Å². The summed E-state index contributed by atoms with van der Waals surface area (Å²) in [5.74, 6) is 0. The lowest BCUT2D eigenvalue weighted by Crippen LogP contribution is -2.38. The van der Waals surface area contributed by atoms with Crippen molar-refractivity contribution in [2.75, 3.05) is 32.8 Å². The molecule has 0 spiro atoms. The van der Waals surface area contributed by atoms with Crippen LogP contribution in [0.2, 0.25) is 0 Å². The first-order valence-electron chi connectivity index (χ1n) is 6.33. The predicted molar refractivity (Wildman–Crippen MR) is 58.7 cm³/mol. The summed E-state index contributed by atoms with van der Waals surface area (Å²) in [6.45, 7) is 5.57. The number of hydrogen-bond acceptors (Lipinski definition) is 2. The molecule has 2 nitrogen and oxygen atoms in total. The van der Waals surface area contributed by atoms with Crippen molar-refractivity contribution >= 4 is 0 Å². The van der Waals surface area contributed by atoms with Gasteiger partial charge in [-0.3, -0.25) is 4.90 Å². The molecule has 3 saturated carbocycles. The highest BCUT2D eigenvalue weighted by Gasteiger charge is 2.81. The van der Waals surface area contributed by atoms with Gasteiger partial charge in [0.05, 0.1) is 13.2 Å². The summed E-state index contributed by atoms with van der Waals surface area (Å²) in [6.07, 6.45) is 8.40. The molecule has 0 N–H and O–H groups in total. The molecule has 0 radical (unpaired) electrons. The van der Waals surface area contributed by atoms with Gasteiger partial charge in [-0.25, -0.2) is 0 Å². The Morgan fingerprint density at radius 3 is 2.60 bits per heavy atom. The lowest BCUT2D eigenvalue weighted by atomic mass is 10.2. The van der Waals surface area contributed by atoms with Crippen LogP contribution in [0.5, 0.6) is 0 Å². The van der Waals surface area contributed by atoms with Crippen LogP contribution in [0.1, 0.15) is 25.7 Å². The Bertz CT molecular complexity index is 315. The number of rotatable bonds is 3. The Hall–Kier alpha value is -0.340. The first-order chi connectivity index (χ1) is 7.32. The molecule has 2 heteroatoms. The monoisotopic (exact) mass is 205 g/mol. The number of fused-ring (bicyclic) bond motifs is 1. The highest BCUT2D eigenvalue weighted by Crippen LogP contribution is 2.87. The summed E-state index contributed by atoms with van der Waals surface area (Å²) in [7, 11) is 0. The molecular formula is C13H19NO. The highest BCUT2D eigenvalue weighted by atomic mass is 16.5. The second-order valence-corrected chi connectivity index (χ2v) is 5.98. The molecule has 15 heavy (non-hydrogen) atoms. The van der Waals surface area contributed by atoms with Crippen molar-refractivity contribution in [3.63, 3.8) is 0 Å². The van der Waals surface area contributed by atoms with Gasteiger partial charge >= 0.3 is 0 Å². The van der Waals surface area contributed by atoms with Crippen molar-refractivity contribution in [3.05, 3.63) is 11.6 Å². The van der Waals surface area contributed by atoms with E-state index < -0.39 is 0 Å². The van der Waals surface area contributed by atoms with E-state index in [9.17, 15) is 0 Å². The Morgan fingerprint density at radius 1 is 1.20 bits per heavy atom. The molecule has 0 bridgehead atoms. The molecule has 4 rings (SSSR count). The van der Waals surface area contributed by atoms with Crippen molar-refractivity contribution in [2.24, 2.45) is 10.8 Å². The smallest absolute Gasteiger partial charge is 0.0594 e. The zero-order valence-corrected chi connectivity index (χ0v) is 9.30. The molecule has 0 aromatic heterocycles. The molecule has 0 unspecified atom stereocenters. The third kappa shape index (κ3) is 1.31. The normalized spacial score (nSPS) is 47.3. The van der Waals surface area contributed by atoms with Crippen LogP contribution in [0, 0.1) is 10.8 Å². The van der Waals surface area contributed by atoms with E-state index in [1.165, 1.54) is 32.2 Å². The van der Waals surface area contributed by atoms with E-state index >= 15 is 0 Å². The van der Waals surface area contributed by atoms with Gasteiger partial charge in [0.25, 0.3) is 0 Å². The van der Waals surface area contributed by atoms with Gasteiger partial charge in [-0.05, 0) is 36.5 Å². The molecule has 1 aliphatic heterocycles. The van der Waals surface area contributed by atoms with Crippen LogP contribution in [0.3, 0.4) is 0 Å². The molecule has 1 saturated heterocycles. The minimum atomic E-state index is 0.705. The van der Waals surface area contributed by atoms with Gasteiger partial charge in [-0.2, -0.15) is 0 Å². The van der Waals surface area contributed by atoms with Crippen LogP contribution >= 0.6 is 0 Å². The Morgan fingerprint density at radius 2 is 1.93 bits per heavy atom. The predicted octanol–water partition coefficient (Wildman–Crippen LogP) is 1.82. The van der Waals surface area contributed by atoms with E-state index in [0.717, 1.165) is 31.7 Å². The van der Waals surface area contributed by atoms with Gasteiger partial charge in [-0.15, -0.1) is 0 Å². The van der Waals surface area contributed by atoms with Crippen LogP contribution < -0.4 is 0 Å². The van der Waals surface area contributed by atoms with Crippen LogP contribution in [0.4, 0.5) is 0 Å². The van der Waals surface area contributed by atoms with Crippen molar-refractivity contribution < 1.29 is 4.74 Å². The van der Waals surface area contributed by atoms with E-state index in [-0.39, 0.29) is 0 Å². The third-order valence-electron chi connectivity index (χ3n) is 4.76. The summed E-state index contributed by atoms with van der Waals surface area (Å²) in [4.78, 5) is 2.61. The molecule has 0 amide bonds. The van der Waals surface area contributed by atoms with Gasteiger partial charge in [-0.1, -0.05) is 11.6 Å². The first-order valence-corrected chi connectivity index (χ1v) is 6.33. The maximum Gasteiger partial charge on any atom is 0.0594 e. The average molecular weight is 205 g/mol. The first kappa shape index (κ1) is 8.77. The summed E-state index contributed by atoms with van der Waals surface area (Å²) in [5.41, 5.74) is 3.19. The van der Waals surface area contributed by atoms with Crippen molar-refractivity contribution in [1.82, 2.24) is 4.90 Å². The van der Waals surface area contributed by atoms with Crippen molar-refractivity contribution in [3.8, 4) is 0 Å². The summed E-state index contributed by atoms with van der Waals surface area (Å²) >= 11 is 0. The number of nitrogens with zero attached hydrogens (tertiary/aromatic N) is 1. The van der Waals surface area contributed by atoms with E-state index in [4.69, 9.17) is 4.74 Å². The fourth-order valence-corrected chi connectivity index (χ4v) is 3.39. The highest BCUT2D eigenvalue weighted by molar-refractivity contribution is 5.42. The zero-order valence-electron chi connectivity index (χ0n) is 9.30. The molecule has 3 aliphatic carbocycles. The van der Waals surface area contributed by atoms with Crippen LogP contribution in [0.15, 0.2) is 11.6 Å². The second-order valence-electron chi connectivity index (χ2n) is 5.98. The average Bonchev–Trinajstić information content (AvgIpc) is 3.10. The van der Waals surface area contributed by atoms with Gasteiger partial charge in [0.2, 0.25) is 0 Å². The van der Waals surface area contributed by atoms with Gasteiger partial charge < -0.3 is 4.74 Å². The fraction of sp³-hybridized carbons (Fsp3) is 0.846. The number of ether oxygens (including phenoxy) is 1. The maximum atomic E-state index is 5.39.